The maximum absolute atomic E-state index is 13.1. The van der Waals surface area contributed by atoms with Crippen molar-refractivity contribution < 1.29 is 19.0 Å². The lowest BCUT2D eigenvalue weighted by atomic mass is 10.3. The second-order valence-corrected chi connectivity index (χ2v) is 4.27. The highest BCUT2D eigenvalue weighted by Crippen LogP contribution is 2.20. The number of aliphatic carboxylic acids is 1. The van der Waals surface area contributed by atoms with Crippen LogP contribution in [0.25, 0.3) is 0 Å². The lowest BCUT2D eigenvalue weighted by Gasteiger charge is -2.08. The van der Waals surface area contributed by atoms with Gasteiger partial charge in [-0.15, -0.1) is 11.8 Å². The van der Waals surface area contributed by atoms with Crippen LogP contribution < -0.4 is 0 Å². The third-order valence-corrected chi connectivity index (χ3v) is 2.91. The van der Waals surface area contributed by atoms with Crippen LogP contribution in [0.1, 0.15) is 6.92 Å². The van der Waals surface area contributed by atoms with Crippen LogP contribution in [0.15, 0.2) is 29.2 Å². The highest BCUT2D eigenvalue weighted by molar-refractivity contribution is 7.99. The molecule has 1 aromatic rings. The van der Waals surface area contributed by atoms with Gasteiger partial charge in [-0.3, -0.25) is 0 Å². The van der Waals surface area contributed by atoms with Crippen molar-refractivity contribution in [3.05, 3.63) is 30.1 Å². The minimum Gasteiger partial charge on any atom is -0.479 e. The summed E-state index contributed by atoms with van der Waals surface area (Å²) in [6.45, 7) is 1.75. The monoisotopic (exact) mass is 244 g/mol. The molecule has 1 atom stereocenters. The number of hydrogen-bond acceptors (Lipinski definition) is 3. The van der Waals surface area contributed by atoms with Gasteiger partial charge in [0.05, 0.1) is 6.61 Å². The van der Waals surface area contributed by atoms with Crippen LogP contribution in [0, 0.1) is 5.82 Å². The van der Waals surface area contributed by atoms with E-state index in [0.29, 0.717) is 10.6 Å². The van der Waals surface area contributed by atoms with Crippen LogP contribution in [-0.4, -0.2) is 29.5 Å². The average molecular weight is 244 g/mol. The van der Waals surface area contributed by atoms with Crippen molar-refractivity contribution in [3.8, 4) is 0 Å². The molecule has 0 spiro atoms. The van der Waals surface area contributed by atoms with E-state index >= 15 is 0 Å². The van der Waals surface area contributed by atoms with Crippen molar-refractivity contribution in [2.24, 2.45) is 0 Å². The molecule has 1 N–H and O–H groups in total. The summed E-state index contributed by atoms with van der Waals surface area (Å²) in [5.74, 6) is -0.729. The van der Waals surface area contributed by atoms with Crippen molar-refractivity contribution in [1.82, 2.24) is 0 Å². The lowest BCUT2D eigenvalue weighted by Crippen LogP contribution is -2.20. The smallest absolute Gasteiger partial charge is 0.332 e. The molecule has 0 heterocycles. The van der Waals surface area contributed by atoms with Gasteiger partial charge in [-0.25, -0.2) is 9.18 Å². The van der Waals surface area contributed by atoms with Crippen LogP contribution >= 0.6 is 11.8 Å². The largest absolute Gasteiger partial charge is 0.479 e. The fraction of sp³-hybridized carbons (Fsp3) is 0.364. The van der Waals surface area contributed by atoms with Crippen molar-refractivity contribution in [1.29, 1.82) is 0 Å². The van der Waals surface area contributed by atoms with Gasteiger partial charge in [0.2, 0.25) is 0 Å². The van der Waals surface area contributed by atoms with E-state index in [1.165, 1.54) is 24.8 Å². The first kappa shape index (κ1) is 13.0. The van der Waals surface area contributed by atoms with Crippen molar-refractivity contribution in [3.63, 3.8) is 0 Å². The Morgan fingerprint density at radius 1 is 1.56 bits per heavy atom. The molecule has 0 saturated heterocycles. The Kier molecular flexibility index (Phi) is 5.28. The molecule has 0 radical (unpaired) electrons. The molecule has 0 amide bonds. The van der Waals surface area contributed by atoms with Crippen LogP contribution in [0.5, 0.6) is 0 Å². The number of ether oxygens (including phenoxy) is 1. The van der Waals surface area contributed by atoms with E-state index in [1.807, 2.05) is 0 Å². The predicted octanol–water partition coefficient (Wildman–Crippen LogP) is 2.41. The number of carboxylic acid groups (broad SMARTS) is 1. The first-order valence-corrected chi connectivity index (χ1v) is 5.81. The van der Waals surface area contributed by atoms with Crippen LogP contribution in [-0.2, 0) is 9.53 Å². The number of rotatable bonds is 6. The Hall–Kier alpha value is -1.07. The zero-order valence-electron chi connectivity index (χ0n) is 8.85. The minimum absolute atomic E-state index is 0.265. The van der Waals surface area contributed by atoms with Gasteiger partial charge in [-0.05, 0) is 19.1 Å². The van der Waals surface area contributed by atoms with E-state index in [2.05, 4.69) is 0 Å². The third-order valence-electron chi connectivity index (χ3n) is 1.89. The molecule has 0 bridgehead atoms. The van der Waals surface area contributed by atoms with Crippen molar-refractivity contribution in [2.75, 3.05) is 12.4 Å². The van der Waals surface area contributed by atoms with E-state index in [4.69, 9.17) is 9.84 Å². The molecule has 0 aliphatic rings. The number of hydrogen-bond donors (Lipinski definition) is 1. The summed E-state index contributed by atoms with van der Waals surface area (Å²) < 4.78 is 18.2. The molecule has 0 aliphatic carbocycles. The van der Waals surface area contributed by atoms with Gasteiger partial charge in [0.1, 0.15) is 5.82 Å². The number of carbonyl (C=O) groups is 1. The molecule has 88 valence electrons. The second kappa shape index (κ2) is 6.50. The minimum atomic E-state index is -0.990. The third kappa shape index (κ3) is 4.20. The van der Waals surface area contributed by atoms with Gasteiger partial charge in [0, 0.05) is 10.6 Å². The SMILES string of the molecule is CC(OCCSc1ccccc1F)C(=O)O. The van der Waals surface area contributed by atoms with Gasteiger partial charge in [0.25, 0.3) is 0 Å². The zero-order valence-corrected chi connectivity index (χ0v) is 9.67. The molecular formula is C11H13FO3S. The molecule has 5 heteroatoms. The van der Waals surface area contributed by atoms with Gasteiger partial charge in [0.15, 0.2) is 6.10 Å². The van der Waals surface area contributed by atoms with Gasteiger partial charge in [-0.2, -0.15) is 0 Å². The van der Waals surface area contributed by atoms with Gasteiger partial charge >= 0.3 is 5.97 Å². The van der Waals surface area contributed by atoms with E-state index in [0.717, 1.165) is 0 Å². The summed E-state index contributed by atoms with van der Waals surface area (Å²) in [5.41, 5.74) is 0. The highest BCUT2D eigenvalue weighted by Gasteiger charge is 2.10. The first-order valence-electron chi connectivity index (χ1n) is 4.83. The first-order chi connectivity index (χ1) is 7.61. The summed E-state index contributed by atoms with van der Waals surface area (Å²) in [5, 5.41) is 8.55. The molecule has 0 aliphatic heterocycles. The lowest BCUT2D eigenvalue weighted by molar-refractivity contribution is -0.148. The molecule has 0 fully saturated rings. The molecule has 0 saturated carbocycles. The van der Waals surface area contributed by atoms with Crippen molar-refractivity contribution >= 4 is 17.7 Å². The molecule has 3 nitrogen and oxygen atoms in total. The summed E-state index contributed by atoms with van der Waals surface area (Å²) in [7, 11) is 0. The van der Waals surface area contributed by atoms with Gasteiger partial charge in [-0.1, -0.05) is 12.1 Å². The van der Waals surface area contributed by atoms with E-state index < -0.39 is 12.1 Å². The second-order valence-electron chi connectivity index (χ2n) is 3.13. The van der Waals surface area contributed by atoms with E-state index in [-0.39, 0.29) is 12.4 Å². The van der Waals surface area contributed by atoms with Crippen LogP contribution in [0.4, 0.5) is 4.39 Å². The number of thioether (sulfide) groups is 1. The van der Waals surface area contributed by atoms with Crippen molar-refractivity contribution in [2.45, 2.75) is 17.9 Å². The van der Waals surface area contributed by atoms with E-state index in [1.54, 1.807) is 18.2 Å². The Morgan fingerprint density at radius 3 is 2.88 bits per heavy atom. The Morgan fingerprint density at radius 2 is 2.25 bits per heavy atom. The number of halogens is 1. The fourth-order valence-electron chi connectivity index (χ4n) is 1.01. The molecule has 1 unspecified atom stereocenters. The summed E-state index contributed by atoms with van der Waals surface area (Å²) in [4.78, 5) is 11.0. The maximum atomic E-state index is 13.1. The standard InChI is InChI=1S/C11H13FO3S/c1-8(11(13)14)15-6-7-16-10-5-3-2-4-9(10)12/h2-5,8H,6-7H2,1H3,(H,13,14). The maximum Gasteiger partial charge on any atom is 0.332 e. The number of benzene rings is 1. The van der Waals surface area contributed by atoms with Crippen LogP contribution in [0.2, 0.25) is 0 Å². The molecular weight excluding hydrogens is 231 g/mol. The molecule has 0 aromatic heterocycles. The molecule has 16 heavy (non-hydrogen) atoms. The normalized spacial score (nSPS) is 12.4. The average Bonchev–Trinajstić information content (AvgIpc) is 2.26. The van der Waals surface area contributed by atoms with Gasteiger partial charge < -0.3 is 9.84 Å². The van der Waals surface area contributed by atoms with E-state index in [9.17, 15) is 9.18 Å². The predicted molar refractivity (Wildman–Crippen MR) is 60.2 cm³/mol. The summed E-state index contributed by atoms with van der Waals surface area (Å²) >= 11 is 1.31. The molecule has 1 rings (SSSR count). The molecule has 1 aromatic carbocycles. The highest BCUT2D eigenvalue weighted by atomic mass is 32.2. The Labute approximate surface area is 97.6 Å². The fourth-order valence-corrected chi connectivity index (χ4v) is 1.79. The number of carboxylic acids is 1. The Balaban J connectivity index is 2.26. The topological polar surface area (TPSA) is 46.5 Å². The van der Waals surface area contributed by atoms with Crippen LogP contribution in [0.3, 0.4) is 0 Å². The summed E-state index contributed by atoms with van der Waals surface area (Å²) in [6.07, 6.45) is -0.818. The quantitative estimate of drug-likeness (QED) is 0.616. The summed E-state index contributed by atoms with van der Waals surface area (Å²) in [6, 6.07) is 6.46. The Bertz CT molecular complexity index is 357. The zero-order chi connectivity index (χ0) is 12.0.